The molecule has 0 aromatic rings. The average Bonchev–Trinajstić information content (AvgIpc) is 1.60. The molecule has 0 aliphatic rings. The normalized spacial score (nSPS) is 18.5. The van der Waals surface area contributed by atoms with E-state index in [1.807, 2.05) is 0 Å². The standard InChI is InChI=1S/C4H12NO4P/c1-3(5)4(2)9-10(6,7)8/h3-4H,5H2,1-2H3,(H2,6,7,8)/t3-,4-/m1/s1. The van der Waals surface area contributed by atoms with Crippen LogP contribution in [0, 0.1) is 0 Å². The van der Waals surface area contributed by atoms with Crippen LogP contribution in [0.1, 0.15) is 13.8 Å². The zero-order chi connectivity index (χ0) is 8.36. The van der Waals surface area contributed by atoms with Gasteiger partial charge in [-0.2, -0.15) is 0 Å². The minimum atomic E-state index is -4.36. The lowest BCUT2D eigenvalue weighted by molar-refractivity contribution is 0.130. The van der Waals surface area contributed by atoms with Crippen LogP contribution in [0.15, 0.2) is 0 Å². The molecule has 0 aliphatic carbocycles. The van der Waals surface area contributed by atoms with Crippen molar-refractivity contribution >= 4 is 7.82 Å². The number of nitrogens with two attached hydrogens (primary N) is 1. The van der Waals surface area contributed by atoms with Gasteiger partial charge in [-0.15, -0.1) is 0 Å². The van der Waals surface area contributed by atoms with Gasteiger partial charge in [0.2, 0.25) is 0 Å². The first-order chi connectivity index (χ1) is 4.33. The molecule has 4 N–H and O–H groups in total. The molecule has 0 amide bonds. The monoisotopic (exact) mass is 169 g/mol. The van der Waals surface area contributed by atoms with Crippen molar-refractivity contribution in [3.05, 3.63) is 0 Å². The zero-order valence-electron chi connectivity index (χ0n) is 5.89. The minimum absolute atomic E-state index is 0.382. The summed E-state index contributed by atoms with van der Waals surface area (Å²) < 4.78 is 14.4. The summed E-state index contributed by atoms with van der Waals surface area (Å²) in [6.45, 7) is 3.12. The van der Waals surface area contributed by atoms with E-state index in [9.17, 15) is 4.57 Å². The molecule has 2 atom stereocenters. The Bertz CT molecular complexity index is 142. The molecule has 0 fully saturated rings. The first kappa shape index (κ1) is 10.1. The minimum Gasteiger partial charge on any atom is -0.326 e. The van der Waals surface area contributed by atoms with E-state index in [4.69, 9.17) is 15.5 Å². The zero-order valence-corrected chi connectivity index (χ0v) is 6.78. The smallest absolute Gasteiger partial charge is 0.326 e. The third kappa shape index (κ3) is 4.90. The number of hydrogen-bond acceptors (Lipinski definition) is 3. The molecule has 0 aliphatic heterocycles. The van der Waals surface area contributed by atoms with Gasteiger partial charge in [0.1, 0.15) is 0 Å². The maximum Gasteiger partial charge on any atom is 0.469 e. The maximum atomic E-state index is 10.2. The number of phosphoric acid groups is 1. The Morgan fingerprint density at radius 2 is 1.90 bits per heavy atom. The first-order valence-corrected chi connectivity index (χ1v) is 4.35. The van der Waals surface area contributed by atoms with Crippen LogP contribution in [0.3, 0.4) is 0 Å². The van der Waals surface area contributed by atoms with Crippen LogP contribution in [-0.2, 0) is 9.09 Å². The van der Waals surface area contributed by atoms with Crippen LogP contribution in [0.25, 0.3) is 0 Å². The first-order valence-electron chi connectivity index (χ1n) is 2.82. The van der Waals surface area contributed by atoms with E-state index in [1.165, 1.54) is 6.92 Å². The molecule has 62 valence electrons. The highest BCUT2D eigenvalue weighted by Gasteiger charge is 2.20. The van der Waals surface area contributed by atoms with Gasteiger partial charge in [0.05, 0.1) is 6.10 Å². The van der Waals surface area contributed by atoms with E-state index >= 15 is 0 Å². The van der Waals surface area contributed by atoms with Crippen LogP contribution in [0.4, 0.5) is 0 Å². The summed E-state index contributed by atoms with van der Waals surface area (Å²) in [7, 11) is -4.36. The molecule has 6 heteroatoms. The highest BCUT2D eigenvalue weighted by molar-refractivity contribution is 7.46. The molecule has 0 unspecified atom stereocenters. The Hall–Kier alpha value is 0.0700. The Morgan fingerprint density at radius 3 is 2.00 bits per heavy atom. The lowest BCUT2D eigenvalue weighted by Crippen LogP contribution is -2.30. The largest absolute Gasteiger partial charge is 0.469 e. The van der Waals surface area contributed by atoms with E-state index in [0.717, 1.165) is 0 Å². The quantitative estimate of drug-likeness (QED) is 0.510. The predicted molar refractivity (Wildman–Crippen MR) is 36.2 cm³/mol. The Balaban J connectivity index is 3.80. The fourth-order valence-electron chi connectivity index (χ4n) is 0.313. The van der Waals surface area contributed by atoms with Gasteiger partial charge < -0.3 is 15.5 Å². The van der Waals surface area contributed by atoms with Crippen molar-refractivity contribution in [3.8, 4) is 0 Å². The van der Waals surface area contributed by atoms with Gasteiger partial charge in [0, 0.05) is 6.04 Å². The van der Waals surface area contributed by atoms with Gasteiger partial charge in [-0.05, 0) is 13.8 Å². The van der Waals surface area contributed by atoms with Crippen molar-refractivity contribution in [2.24, 2.45) is 5.73 Å². The molecule has 0 heterocycles. The summed E-state index contributed by atoms with van der Waals surface area (Å²) in [4.78, 5) is 16.5. The number of phosphoric ester groups is 1. The Morgan fingerprint density at radius 1 is 1.50 bits per heavy atom. The van der Waals surface area contributed by atoms with E-state index < -0.39 is 13.9 Å². The second kappa shape index (κ2) is 3.46. The fourth-order valence-corrected chi connectivity index (χ4v) is 0.938. The van der Waals surface area contributed by atoms with Crippen molar-refractivity contribution in [2.75, 3.05) is 0 Å². The van der Waals surface area contributed by atoms with Crippen LogP contribution in [0.5, 0.6) is 0 Å². The lowest BCUT2D eigenvalue weighted by Gasteiger charge is -2.16. The summed E-state index contributed by atoms with van der Waals surface area (Å²) in [5.41, 5.74) is 5.27. The van der Waals surface area contributed by atoms with Gasteiger partial charge in [-0.3, -0.25) is 4.52 Å². The Kier molecular flexibility index (Phi) is 3.48. The Labute approximate surface area is 59.4 Å². The third-order valence-corrected chi connectivity index (χ3v) is 1.65. The molecule has 0 bridgehead atoms. The average molecular weight is 169 g/mol. The number of rotatable bonds is 3. The summed E-state index contributed by atoms with van der Waals surface area (Å²) in [6.07, 6.45) is -0.624. The molecule has 5 nitrogen and oxygen atoms in total. The van der Waals surface area contributed by atoms with Crippen molar-refractivity contribution in [1.82, 2.24) is 0 Å². The van der Waals surface area contributed by atoms with Crippen LogP contribution >= 0.6 is 7.82 Å². The summed E-state index contributed by atoms with van der Waals surface area (Å²) >= 11 is 0. The second-order valence-electron chi connectivity index (χ2n) is 2.16. The highest BCUT2D eigenvalue weighted by atomic mass is 31.2. The molecule has 10 heavy (non-hydrogen) atoms. The van der Waals surface area contributed by atoms with Crippen molar-refractivity contribution in [2.45, 2.75) is 26.0 Å². The molecular weight excluding hydrogens is 157 g/mol. The van der Waals surface area contributed by atoms with Crippen LogP contribution < -0.4 is 5.73 Å². The van der Waals surface area contributed by atoms with Crippen LogP contribution in [-0.4, -0.2) is 21.9 Å². The molecule has 0 saturated heterocycles. The third-order valence-electron chi connectivity index (χ3n) is 1.04. The molecular formula is C4H12NO4P. The number of hydrogen-bond donors (Lipinski definition) is 3. The lowest BCUT2D eigenvalue weighted by atomic mass is 10.2. The highest BCUT2D eigenvalue weighted by Crippen LogP contribution is 2.37. The molecule has 0 spiro atoms. The topological polar surface area (TPSA) is 92.8 Å². The van der Waals surface area contributed by atoms with Crippen molar-refractivity contribution in [1.29, 1.82) is 0 Å². The molecule has 0 aromatic carbocycles. The van der Waals surface area contributed by atoms with E-state index in [-0.39, 0.29) is 6.04 Å². The van der Waals surface area contributed by atoms with Gasteiger partial charge in [0.15, 0.2) is 0 Å². The van der Waals surface area contributed by atoms with Crippen LogP contribution in [0.2, 0.25) is 0 Å². The summed E-state index contributed by atoms with van der Waals surface area (Å²) in [5, 5.41) is 0. The van der Waals surface area contributed by atoms with Gasteiger partial charge in [-0.1, -0.05) is 0 Å². The van der Waals surface area contributed by atoms with E-state index in [2.05, 4.69) is 4.52 Å². The van der Waals surface area contributed by atoms with E-state index in [1.54, 1.807) is 6.92 Å². The molecule has 0 rings (SSSR count). The van der Waals surface area contributed by atoms with Gasteiger partial charge >= 0.3 is 7.82 Å². The fraction of sp³-hybridized carbons (Fsp3) is 1.00. The van der Waals surface area contributed by atoms with E-state index in [0.29, 0.717) is 0 Å². The van der Waals surface area contributed by atoms with Crippen molar-refractivity contribution in [3.63, 3.8) is 0 Å². The SMILES string of the molecule is C[C@@H](N)[C@@H](C)OP(=O)(O)O. The van der Waals surface area contributed by atoms with Gasteiger partial charge in [-0.25, -0.2) is 4.57 Å². The molecule has 0 saturated carbocycles. The predicted octanol–water partition coefficient (Wildman–Crippen LogP) is -0.169. The molecule has 0 aromatic heterocycles. The van der Waals surface area contributed by atoms with Crippen molar-refractivity contribution < 1.29 is 18.9 Å². The summed E-state index contributed by atoms with van der Waals surface area (Å²) in [6, 6.07) is -0.382. The second-order valence-corrected chi connectivity index (χ2v) is 3.35. The molecule has 0 radical (unpaired) electrons. The van der Waals surface area contributed by atoms with Gasteiger partial charge in [0.25, 0.3) is 0 Å². The summed E-state index contributed by atoms with van der Waals surface area (Å²) in [5.74, 6) is 0. The maximum absolute atomic E-state index is 10.2.